The van der Waals surface area contributed by atoms with Gasteiger partial charge in [0.1, 0.15) is 0 Å². The Hall–Kier alpha value is -3.53. The maximum atomic E-state index is 12.8. The highest BCUT2D eigenvalue weighted by molar-refractivity contribution is 7.89. The lowest BCUT2D eigenvalue weighted by Crippen LogP contribution is -2.40. The lowest BCUT2D eigenvalue weighted by atomic mass is 10.00. The zero-order valence-corrected chi connectivity index (χ0v) is 19.9. The number of nitrogens with one attached hydrogen (secondary N) is 1. The summed E-state index contributed by atoms with van der Waals surface area (Å²) in [6.07, 6.45) is 0.558. The smallest absolute Gasteiger partial charge is 0.338 e. The van der Waals surface area contributed by atoms with Crippen LogP contribution in [0.2, 0.25) is 0 Å². The Morgan fingerprint density at radius 2 is 1.63 bits per heavy atom. The predicted octanol–water partition coefficient (Wildman–Crippen LogP) is 3.09. The Labute approximate surface area is 204 Å². The van der Waals surface area contributed by atoms with Gasteiger partial charge in [0.05, 0.1) is 23.7 Å². The van der Waals surface area contributed by atoms with Crippen LogP contribution >= 0.6 is 0 Å². The van der Waals surface area contributed by atoms with Gasteiger partial charge in [-0.05, 0) is 41.8 Å². The summed E-state index contributed by atoms with van der Waals surface area (Å²) in [6, 6.07) is 22.8. The Kier molecular flexibility index (Phi) is 7.91. The number of amides is 1. The first-order valence-electron chi connectivity index (χ1n) is 11.2. The van der Waals surface area contributed by atoms with Crippen LogP contribution in [0, 0.1) is 0 Å². The molecule has 182 valence electrons. The molecule has 4 rings (SSSR count). The van der Waals surface area contributed by atoms with E-state index in [4.69, 9.17) is 9.47 Å². The molecule has 1 fully saturated rings. The fourth-order valence-corrected chi connectivity index (χ4v) is 5.22. The number of hydrogen-bond donors (Lipinski definition) is 1. The van der Waals surface area contributed by atoms with E-state index in [2.05, 4.69) is 5.32 Å². The zero-order valence-electron chi connectivity index (χ0n) is 19.1. The van der Waals surface area contributed by atoms with Crippen molar-refractivity contribution >= 4 is 27.6 Å². The molecule has 0 bridgehead atoms. The highest BCUT2D eigenvalue weighted by Gasteiger charge is 2.26. The van der Waals surface area contributed by atoms with E-state index < -0.39 is 28.5 Å². The van der Waals surface area contributed by atoms with Gasteiger partial charge >= 0.3 is 5.97 Å². The molecule has 1 heterocycles. The SMILES string of the molecule is O=C(COC(=O)c1ccccc1Cc1ccccc1)Nc1cccc(S(=O)(=O)N2CCOCC2)c1. The van der Waals surface area contributed by atoms with E-state index in [9.17, 15) is 18.0 Å². The van der Waals surface area contributed by atoms with Gasteiger partial charge in [-0.2, -0.15) is 4.31 Å². The van der Waals surface area contributed by atoms with Crippen LogP contribution in [0.1, 0.15) is 21.5 Å². The van der Waals surface area contributed by atoms with Crippen molar-refractivity contribution in [2.24, 2.45) is 0 Å². The van der Waals surface area contributed by atoms with E-state index in [-0.39, 0.29) is 18.0 Å². The van der Waals surface area contributed by atoms with Gasteiger partial charge in [0.15, 0.2) is 6.61 Å². The summed E-state index contributed by atoms with van der Waals surface area (Å²) in [7, 11) is -3.70. The van der Waals surface area contributed by atoms with Gasteiger partial charge in [-0.1, -0.05) is 54.6 Å². The standard InChI is InChI=1S/C26H26N2O6S/c29-25(27-22-10-6-11-23(18-22)35(31,32)28-13-15-33-16-14-28)19-34-26(30)24-12-5-4-9-21(24)17-20-7-2-1-3-8-20/h1-12,18H,13-17,19H2,(H,27,29). The number of anilines is 1. The number of nitrogens with zero attached hydrogens (tertiary/aromatic N) is 1. The first kappa shape index (κ1) is 24.6. The topological polar surface area (TPSA) is 102 Å². The number of rotatable bonds is 8. The molecule has 0 radical (unpaired) electrons. The number of esters is 1. The molecule has 0 unspecified atom stereocenters. The summed E-state index contributed by atoms with van der Waals surface area (Å²) in [5, 5.41) is 2.59. The highest BCUT2D eigenvalue weighted by atomic mass is 32.2. The van der Waals surface area contributed by atoms with Crippen LogP contribution in [0.5, 0.6) is 0 Å². The second-order valence-corrected chi connectivity index (χ2v) is 9.93. The number of morpholine rings is 1. The third kappa shape index (κ3) is 6.33. The van der Waals surface area contributed by atoms with Gasteiger partial charge in [-0.15, -0.1) is 0 Å². The van der Waals surface area contributed by atoms with E-state index in [1.165, 1.54) is 16.4 Å². The molecule has 0 atom stereocenters. The van der Waals surface area contributed by atoms with Gasteiger partial charge in [0.2, 0.25) is 10.0 Å². The van der Waals surface area contributed by atoms with Crippen LogP contribution < -0.4 is 5.32 Å². The Balaban J connectivity index is 1.37. The van der Waals surface area contributed by atoms with E-state index >= 15 is 0 Å². The molecule has 0 spiro atoms. The van der Waals surface area contributed by atoms with E-state index in [0.717, 1.165) is 11.1 Å². The molecule has 0 saturated carbocycles. The number of ether oxygens (including phenoxy) is 2. The molecule has 8 nitrogen and oxygen atoms in total. The molecule has 0 aromatic heterocycles. The largest absolute Gasteiger partial charge is 0.452 e. The van der Waals surface area contributed by atoms with Crippen molar-refractivity contribution in [1.82, 2.24) is 4.31 Å². The zero-order chi connectivity index (χ0) is 24.7. The number of carbonyl (C=O) groups excluding carboxylic acids is 2. The van der Waals surface area contributed by atoms with Crippen LogP contribution in [-0.2, 0) is 30.7 Å². The molecule has 0 aliphatic carbocycles. The van der Waals surface area contributed by atoms with E-state index in [0.29, 0.717) is 30.9 Å². The van der Waals surface area contributed by atoms with Crippen molar-refractivity contribution in [1.29, 1.82) is 0 Å². The second kappa shape index (κ2) is 11.3. The van der Waals surface area contributed by atoms with Gasteiger partial charge in [0.25, 0.3) is 5.91 Å². The second-order valence-electron chi connectivity index (χ2n) is 7.99. The first-order chi connectivity index (χ1) is 16.9. The van der Waals surface area contributed by atoms with Crippen molar-refractivity contribution in [3.8, 4) is 0 Å². The summed E-state index contributed by atoms with van der Waals surface area (Å²) >= 11 is 0. The van der Waals surface area contributed by atoms with E-state index in [1.54, 1.807) is 24.3 Å². The average Bonchev–Trinajstić information content (AvgIpc) is 2.89. The summed E-state index contributed by atoms with van der Waals surface area (Å²) in [5.41, 5.74) is 2.54. The van der Waals surface area contributed by atoms with Gasteiger partial charge in [-0.3, -0.25) is 4.79 Å². The summed E-state index contributed by atoms with van der Waals surface area (Å²) in [4.78, 5) is 25.2. The summed E-state index contributed by atoms with van der Waals surface area (Å²) < 4.78 is 37.5. The fraction of sp³-hybridized carbons (Fsp3) is 0.231. The molecule has 1 aliphatic rings. The third-order valence-corrected chi connectivity index (χ3v) is 7.43. The van der Waals surface area contributed by atoms with Crippen LogP contribution in [-0.4, -0.2) is 57.5 Å². The van der Waals surface area contributed by atoms with Crippen LogP contribution in [0.3, 0.4) is 0 Å². The van der Waals surface area contributed by atoms with Crippen LogP contribution in [0.4, 0.5) is 5.69 Å². The van der Waals surface area contributed by atoms with Crippen molar-refractivity contribution in [2.45, 2.75) is 11.3 Å². The van der Waals surface area contributed by atoms with Gasteiger partial charge < -0.3 is 14.8 Å². The minimum absolute atomic E-state index is 0.0732. The molecule has 1 N–H and O–H groups in total. The van der Waals surface area contributed by atoms with E-state index in [1.807, 2.05) is 42.5 Å². The molecular formula is C26H26N2O6S. The number of benzene rings is 3. The monoisotopic (exact) mass is 494 g/mol. The molecule has 1 aliphatic heterocycles. The van der Waals surface area contributed by atoms with Crippen LogP contribution in [0.25, 0.3) is 0 Å². The molecule has 3 aromatic rings. The predicted molar refractivity (Wildman–Crippen MR) is 131 cm³/mol. The highest BCUT2D eigenvalue weighted by Crippen LogP contribution is 2.21. The summed E-state index contributed by atoms with van der Waals surface area (Å²) in [6.45, 7) is 0.741. The third-order valence-electron chi connectivity index (χ3n) is 5.53. The van der Waals surface area contributed by atoms with Crippen molar-refractivity contribution < 1.29 is 27.5 Å². The van der Waals surface area contributed by atoms with Gasteiger partial charge in [-0.25, -0.2) is 13.2 Å². The van der Waals surface area contributed by atoms with Gasteiger partial charge in [0, 0.05) is 18.8 Å². The molecular weight excluding hydrogens is 468 g/mol. The Morgan fingerprint density at radius 1 is 0.914 bits per heavy atom. The molecule has 1 saturated heterocycles. The maximum Gasteiger partial charge on any atom is 0.338 e. The minimum Gasteiger partial charge on any atom is -0.452 e. The van der Waals surface area contributed by atoms with Crippen molar-refractivity contribution in [3.05, 3.63) is 95.6 Å². The van der Waals surface area contributed by atoms with Crippen LogP contribution in [0.15, 0.2) is 83.8 Å². The molecule has 3 aromatic carbocycles. The quantitative estimate of drug-likeness (QED) is 0.483. The lowest BCUT2D eigenvalue weighted by Gasteiger charge is -2.26. The lowest BCUT2D eigenvalue weighted by molar-refractivity contribution is -0.119. The molecule has 1 amide bonds. The number of sulfonamides is 1. The Bertz CT molecular complexity index is 1290. The minimum atomic E-state index is -3.70. The average molecular weight is 495 g/mol. The fourth-order valence-electron chi connectivity index (χ4n) is 3.77. The molecule has 9 heteroatoms. The maximum absolute atomic E-state index is 12.8. The summed E-state index contributed by atoms with van der Waals surface area (Å²) in [5.74, 6) is -1.17. The van der Waals surface area contributed by atoms with Crippen molar-refractivity contribution in [3.63, 3.8) is 0 Å². The number of carbonyl (C=O) groups is 2. The number of hydrogen-bond acceptors (Lipinski definition) is 6. The van der Waals surface area contributed by atoms with Crippen molar-refractivity contribution in [2.75, 3.05) is 38.2 Å². The first-order valence-corrected chi connectivity index (χ1v) is 12.6. The Morgan fingerprint density at radius 3 is 2.40 bits per heavy atom. The molecule has 35 heavy (non-hydrogen) atoms. The normalized spacial score (nSPS) is 14.3.